The Hall–Kier alpha value is -1.11. The minimum atomic E-state index is -0.874. The van der Waals surface area contributed by atoms with Gasteiger partial charge < -0.3 is 36.0 Å². The predicted octanol–water partition coefficient (Wildman–Crippen LogP) is -0.243. The number of carbonyl (C=O) groups is 1. The van der Waals surface area contributed by atoms with E-state index in [-0.39, 0.29) is 28.8 Å². The van der Waals surface area contributed by atoms with Crippen molar-refractivity contribution in [2.24, 2.45) is 11.8 Å². The average molecular weight is 490 g/mol. The zero-order valence-corrected chi connectivity index (χ0v) is 19.8. The van der Waals surface area contributed by atoms with Gasteiger partial charge in [0.05, 0.1) is 32.2 Å². The minimum Gasteiger partial charge on any atom is -1.00 e. The maximum atomic E-state index is 13.1. The molecule has 0 radical (unpaired) electrons. The van der Waals surface area contributed by atoms with Gasteiger partial charge in [0, 0.05) is 30.7 Å². The van der Waals surface area contributed by atoms with Crippen molar-refractivity contribution in [3.05, 3.63) is 23.3 Å². The fraction of sp³-hybridized carbons (Fsp3) is 0.720. The number of likely N-dealkylation sites (tertiary alicyclic amines) is 1. The van der Waals surface area contributed by atoms with Crippen molar-refractivity contribution < 1.29 is 40.8 Å². The van der Waals surface area contributed by atoms with E-state index in [0.717, 1.165) is 60.0 Å². The second kappa shape index (κ2) is 6.48. The van der Waals surface area contributed by atoms with E-state index >= 15 is 0 Å². The molecule has 2 aliphatic heterocycles. The molecule has 0 unspecified atom stereocenters. The number of hydrogen-bond donors (Lipinski definition) is 1. The third-order valence-corrected chi connectivity index (χ3v) is 9.43. The van der Waals surface area contributed by atoms with E-state index in [0.29, 0.717) is 18.8 Å². The van der Waals surface area contributed by atoms with Gasteiger partial charge in [0.1, 0.15) is 11.6 Å². The van der Waals surface area contributed by atoms with E-state index in [1.54, 1.807) is 0 Å². The van der Waals surface area contributed by atoms with Crippen LogP contribution in [0, 0.1) is 11.8 Å². The first-order valence-electron chi connectivity index (χ1n) is 12.0. The molecule has 2 bridgehead atoms. The Kier molecular flexibility index (Phi) is 4.28. The number of rotatable bonds is 5. The summed E-state index contributed by atoms with van der Waals surface area (Å²) in [6.07, 6.45) is 7.28. The molecular formula is C25H32BrNO4. The molecule has 4 aliphatic carbocycles. The zero-order chi connectivity index (χ0) is 20.3. The molecule has 6 heteroatoms. The summed E-state index contributed by atoms with van der Waals surface area (Å²) in [5, 5.41) is 12.4. The Morgan fingerprint density at radius 1 is 1.19 bits per heavy atom. The zero-order valence-electron chi connectivity index (χ0n) is 18.2. The lowest BCUT2D eigenvalue weighted by Gasteiger charge is -2.64. The molecule has 2 heterocycles. The summed E-state index contributed by atoms with van der Waals surface area (Å²) in [4.78, 5) is 13.1. The van der Waals surface area contributed by atoms with Crippen LogP contribution in [0.5, 0.6) is 11.5 Å². The third kappa shape index (κ3) is 2.59. The summed E-state index contributed by atoms with van der Waals surface area (Å²) in [5.74, 6) is 3.17. The quantitative estimate of drug-likeness (QED) is 0.579. The molecule has 1 saturated heterocycles. The molecule has 1 spiro atoms. The van der Waals surface area contributed by atoms with Crippen LogP contribution >= 0.6 is 0 Å². The summed E-state index contributed by atoms with van der Waals surface area (Å²) >= 11 is 0. The highest BCUT2D eigenvalue weighted by molar-refractivity contribution is 5.90. The first-order valence-corrected chi connectivity index (χ1v) is 12.0. The van der Waals surface area contributed by atoms with Crippen molar-refractivity contribution in [3.63, 3.8) is 0 Å². The lowest BCUT2D eigenvalue weighted by molar-refractivity contribution is -0.950. The highest BCUT2D eigenvalue weighted by Gasteiger charge is 2.76. The van der Waals surface area contributed by atoms with Crippen LogP contribution in [0.4, 0.5) is 0 Å². The number of nitrogens with zero attached hydrogens (tertiary/aromatic N) is 1. The van der Waals surface area contributed by atoms with E-state index < -0.39 is 17.1 Å². The lowest BCUT2D eigenvalue weighted by atomic mass is 9.48. The largest absolute Gasteiger partial charge is 1.00 e. The molecule has 5 atom stereocenters. The van der Waals surface area contributed by atoms with Crippen LogP contribution in [-0.4, -0.2) is 59.9 Å². The van der Waals surface area contributed by atoms with Crippen molar-refractivity contribution >= 4 is 5.78 Å². The number of aliphatic hydroxyl groups is 1. The highest BCUT2D eigenvalue weighted by atomic mass is 79.9. The SMILES string of the molecule is C[N@+]1(CC2CC2)CC[C@]23c4c5ccc(OCC6CC6)c4O[C@H]2C(=O)CC[C@@]3(O)[C@H]1C5.[Br-]. The monoisotopic (exact) mass is 489 g/mol. The van der Waals surface area contributed by atoms with E-state index in [1.807, 2.05) is 0 Å². The number of hydrogen-bond acceptors (Lipinski definition) is 4. The van der Waals surface area contributed by atoms with Gasteiger partial charge in [-0.1, -0.05) is 6.07 Å². The number of benzene rings is 1. The number of ether oxygens (including phenoxy) is 2. The Morgan fingerprint density at radius 2 is 1.97 bits per heavy atom. The number of ketones is 1. The third-order valence-electron chi connectivity index (χ3n) is 9.43. The van der Waals surface area contributed by atoms with Crippen LogP contribution in [0.25, 0.3) is 0 Å². The number of likely N-dealkylation sites (N-methyl/N-ethyl adjacent to an activating group) is 1. The minimum absolute atomic E-state index is 0. The van der Waals surface area contributed by atoms with Gasteiger partial charge >= 0.3 is 0 Å². The van der Waals surface area contributed by atoms with Crippen molar-refractivity contribution in [2.75, 3.05) is 26.7 Å². The Bertz CT molecular complexity index is 959. The second-order valence-electron chi connectivity index (χ2n) is 11.3. The molecule has 5 nitrogen and oxygen atoms in total. The molecular weight excluding hydrogens is 458 g/mol. The topological polar surface area (TPSA) is 55.8 Å². The van der Waals surface area contributed by atoms with Crippen LogP contribution in [-0.2, 0) is 16.6 Å². The molecule has 7 rings (SSSR count). The van der Waals surface area contributed by atoms with Gasteiger partial charge in [0.2, 0.25) is 0 Å². The van der Waals surface area contributed by atoms with Crippen molar-refractivity contribution in [1.29, 1.82) is 0 Å². The van der Waals surface area contributed by atoms with Gasteiger partial charge in [-0.2, -0.15) is 0 Å². The van der Waals surface area contributed by atoms with Gasteiger partial charge in [-0.3, -0.25) is 4.79 Å². The van der Waals surface area contributed by atoms with Gasteiger partial charge in [-0.05, 0) is 49.7 Å². The molecule has 3 saturated carbocycles. The Labute approximate surface area is 194 Å². The summed E-state index contributed by atoms with van der Waals surface area (Å²) < 4.78 is 13.6. The summed E-state index contributed by atoms with van der Waals surface area (Å²) in [6.45, 7) is 2.90. The summed E-state index contributed by atoms with van der Waals surface area (Å²) in [5.41, 5.74) is 0.928. The van der Waals surface area contributed by atoms with Crippen LogP contribution in [0.2, 0.25) is 0 Å². The summed E-state index contributed by atoms with van der Waals surface area (Å²) in [6, 6.07) is 4.40. The lowest BCUT2D eigenvalue weighted by Crippen LogP contribution is -3.00. The molecule has 1 N–H and O–H groups in total. The van der Waals surface area contributed by atoms with Gasteiger partial charge in [-0.15, -0.1) is 0 Å². The Morgan fingerprint density at radius 3 is 2.71 bits per heavy atom. The number of halogens is 1. The fourth-order valence-electron chi connectivity index (χ4n) is 7.53. The molecule has 6 aliphatic rings. The Balaban J connectivity index is 0.00000185. The average Bonchev–Trinajstić information content (AvgIpc) is 3.64. The van der Waals surface area contributed by atoms with Crippen molar-refractivity contribution in [3.8, 4) is 11.5 Å². The number of quaternary nitrogens is 1. The molecule has 31 heavy (non-hydrogen) atoms. The highest BCUT2D eigenvalue weighted by Crippen LogP contribution is 2.66. The van der Waals surface area contributed by atoms with E-state index in [9.17, 15) is 9.90 Å². The predicted molar refractivity (Wildman–Crippen MR) is 111 cm³/mol. The smallest absolute Gasteiger partial charge is 0.174 e. The van der Waals surface area contributed by atoms with E-state index in [2.05, 4.69) is 19.2 Å². The molecule has 168 valence electrons. The van der Waals surface area contributed by atoms with E-state index in [4.69, 9.17) is 9.47 Å². The molecule has 0 amide bonds. The number of Topliss-reactive ketones (excluding diaryl/α,β-unsaturated/α-hetero) is 1. The first-order chi connectivity index (χ1) is 14.4. The van der Waals surface area contributed by atoms with Crippen LogP contribution in [0.1, 0.15) is 56.1 Å². The maximum Gasteiger partial charge on any atom is 0.174 e. The van der Waals surface area contributed by atoms with Crippen LogP contribution in [0.3, 0.4) is 0 Å². The molecule has 4 fully saturated rings. The molecule has 1 aromatic rings. The van der Waals surface area contributed by atoms with Crippen LogP contribution in [0.15, 0.2) is 12.1 Å². The van der Waals surface area contributed by atoms with Gasteiger partial charge in [0.15, 0.2) is 23.4 Å². The number of carbonyl (C=O) groups excluding carboxylic acids is 1. The van der Waals surface area contributed by atoms with Crippen molar-refractivity contribution in [2.45, 2.75) is 74.5 Å². The van der Waals surface area contributed by atoms with Crippen molar-refractivity contribution in [1.82, 2.24) is 0 Å². The first kappa shape index (κ1) is 20.5. The summed E-state index contributed by atoms with van der Waals surface area (Å²) in [7, 11) is 2.36. The van der Waals surface area contributed by atoms with E-state index in [1.165, 1.54) is 31.2 Å². The maximum absolute atomic E-state index is 13.1. The normalized spacial score (nSPS) is 41.8. The van der Waals surface area contributed by atoms with Crippen LogP contribution < -0.4 is 26.5 Å². The second-order valence-corrected chi connectivity index (χ2v) is 11.3. The standard InChI is InChI=1S/C25H32NO4.BrH/c1-26(13-15-2-3-15)11-10-24-21-17-6-7-19(29-14-16-4-5-16)22(21)30-23(24)18(27)8-9-25(24,28)20(26)12-17;/h6-7,15-16,20,23,28H,2-5,8-14H2,1H3;1H/q+1;/p-1/t20-,23+,24+,25-,26-;/m1./s1. The van der Waals surface area contributed by atoms with Gasteiger partial charge in [-0.25, -0.2) is 0 Å². The van der Waals surface area contributed by atoms with Gasteiger partial charge in [0.25, 0.3) is 0 Å². The number of piperidine rings is 1. The molecule has 1 aromatic carbocycles. The fourth-order valence-corrected chi connectivity index (χ4v) is 7.53. The molecule has 0 aromatic heterocycles.